The summed E-state index contributed by atoms with van der Waals surface area (Å²) in [6.45, 7) is 0. The second-order valence-electron chi connectivity index (χ2n) is 12.7. The molecule has 15 heteroatoms. The number of para-hydroxylation sites is 2. The molecule has 0 unspecified atom stereocenters. The molecule has 4 N–H and O–H groups in total. The fraction of sp³-hybridized carbons (Fsp3) is 0.103. The summed E-state index contributed by atoms with van der Waals surface area (Å²) in [6.07, 6.45) is 0.681. The van der Waals surface area contributed by atoms with Crippen LogP contribution in [0.4, 0.5) is 4.39 Å². The van der Waals surface area contributed by atoms with Crippen molar-refractivity contribution in [2.75, 3.05) is 0 Å². The third-order valence-corrected chi connectivity index (χ3v) is 12.0. The third kappa shape index (κ3) is 7.20. The summed E-state index contributed by atoms with van der Waals surface area (Å²) in [6, 6.07) is 31.7. The van der Waals surface area contributed by atoms with Gasteiger partial charge in [0.05, 0.1) is 27.8 Å². The molecule has 5 aromatic heterocycles. The molecule has 0 aliphatic heterocycles. The maximum atomic E-state index is 13.2. The first-order valence-electron chi connectivity index (χ1n) is 17.0. The van der Waals surface area contributed by atoms with Gasteiger partial charge in [-0.1, -0.05) is 66.4 Å². The number of aromatic amines is 4. The molecule has 54 heavy (non-hydrogen) atoms. The second-order valence-corrected chi connectivity index (χ2v) is 15.7. The molecular weight excluding hydrogens is 742 g/mol. The van der Waals surface area contributed by atoms with E-state index in [1.807, 2.05) is 48.5 Å². The van der Waals surface area contributed by atoms with Gasteiger partial charge in [0.1, 0.15) is 5.82 Å². The normalized spacial score (nSPS) is 11.6. The number of aromatic nitrogens is 9. The summed E-state index contributed by atoms with van der Waals surface area (Å²) in [7, 11) is 0. The molecule has 4 aromatic carbocycles. The Morgan fingerprint density at radius 2 is 1.35 bits per heavy atom. The maximum absolute atomic E-state index is 13.2. The molecule has 0 saturated heterocycles. The zero-order valence-electron chi connectivity index (χ0n) is 28.4. The van der Waals surface area contributed by atoms with E-state index in [0.717, 1.165) is 65.7 Å². The number of benzene rings is 4. The van der Waals surface area contributed by atoms with E-state index in [0.29, 0.717) is 35.6 Å². The summed E-state index contributed by atoms with van der Waals surface area (Å²) in [4.78, 5) is 46.1. The Hall–Kier alpha value is -5.90. The summed E-state index contributed by atoms with van der Waals surface area (Å²) in [5.74, 6) is 2.50. The van der Waals surface area contributed by atoms with E-state index in [-0.39, 0.29) is 16.9 Å². The average molecular weight is 772 g/mol. The number of halogens is 1. The Bertz CT molecular complexity index is 2850. The number of imidazole rings is 2. The highest BCUT2D eigenvalue weighted by Crippen LogP contribution is 2.29. The smallest absolute Gasteiger partial charge is 0.274 e. The summed E-state index contributed by atoms with van der Waals surface area (Å²) in [5, 5.41) is 8.41. The molecule has 0 fully saturated rings. The number of rotatable bonds is 12. The monoisotopic (exact) mass is 771 g/mol. The highest BCUT2D eigenvalue weighted by molar-refractivity contribution is 8.00. The van der Waals surface area contributed by atoms with E-state index < -0.39 is 0 Å². The van der Waals surface area contributed by atoms with Crippen LogP contribution in [0.5, 0.6) is 0 Å². The first-order valence-corrected chi connectivity index (χ1v) is 20.0. The molecule has 5 heterocycles. The Balaban J connectivity index is 0.841. The minimum absolute atomic E-state index is 0.173. The van der Waals surface area contributed by atoms with Crippen LogP contribution < -0.4 is 11.1 Å². The van der Waals surface area contributed by atoms with Crippen molar-refractivity contribution in [3.63, 3.8) is 0 Å². The SMILES string of the molecule is O=c1cc(CSCc2ccc(F)cc2)[nH]n1-c1nc2ccc(-c3cccc(Cc4csc(SCc5cc(=O)n(-c6nc7ccccc7[nH]6)[nH]5)n4)c3)cc2[nH]1. The van der Waals surface area contributed by atoms with Crippen LogP contribution >= 0.6 is 34.9 Å². The van der Waals surface area contributed by atoms with Crippen molar-refractivity contribution in [2.24, 2.45) is 0 Å². The molecule has 0 spiro atoms. The van der Waals surface area contributed by atoms with Crippen molar-refractivity contribution >= 4 is 56.9 Å². The van der Waals surface area contributed by atoms with Gasteiger partial charge in [0, 0.05) is 52.6 Å². The molecule has 0 amide bonds. The van der Waals surface area contributed by atoms with Crippen LogP contribution in [0, 0.1) is 5.82 Å². The lowest BCUT2D eigenvalue weighted by Crippen LogP contribution is -2.14. The zero-order chi connectivity index (χ0) is 36.6. The number of thiazole rings is 1. The average Bonchev–Trinajstić information content (AvgIpc) is 4.02. The number of nitrogens with one attached hydrogen (secondary N) is 4. The summed E-state index contributed by atoms with van der Waals surface area (Å²) in [5.41, 5.74) is 9.65. The van der Waals surface area contributed by atoms with Gasteiger partial charge in [0.2, 0.25) is 11.9 Å². The number of thioether (sulfide) groups is 2. The van der Waals surface area contributed by atoms with Gasteiger partial charge in [-0.25, -0.2) is 19.3 Å². The van der Waals surface area contributed by atoms with Crippen LogP contribution in [0.3, 0.4) is 0 Å². The quantitative estimate of drug-likeness (QED) is 0.0922. The van der Waals surface area contributed by atoms with Gasteiger partial charge < -0.3 is 9.97 Å². The van der Waals surface area contributed by atoms with Gasteiger partial charge in [-0.3, -0.25) is 19.8 Å². The van der Waals surface area contributed by atoms with Crippen molar-refractivity contribution in [1.29, 1.82) is 0 Å². The van der Waals surface area contributed by atoms with Crippen LogP contribution in [0.1, 0.15) is 28.2 Å². The highest BCUT2D eigenvalue weighted by Gasteiger charge is 2.14. The standard InChI is InChI=1S/C39H30FN9O2S3/c40-27-11-8-23(9-12-27)19-52-20-29-17-35(50)49(46-29)38-44-33-13-10-26(16-34(33)45-38)25-5-3-4-24(14-25)15-28-21-53-39(41-28)54-22-30-18-36(51)48(47-30)37-42-31-6-1-2-7-32(31)43-37/h1-14,16-18,21,46-47H,15,19-20,22H2,(H,42,43)(H,44,45). The number of fused-ring (bicyclic) bond motifs is 2. The first kappa shape index (κ1) is 33.9. The molecule has 0 aliphatic carbocycles. The van der Waals surface area contributed by atoms with Gasteiger partial charge in [-0.2, -0.15) is 21.1 Å². The number of H-pyrrole nitrogens is 4. The molecule has 0 aliphatic rings. The van der Waals surface area contributed by atoms with Crippen LogP contribution in [-0.4, -0.2) is 44.5 Å². The Morgan fingerprint density at radius 3 is 2.13 bits per heavy atom. The second kappa shape index (κ2) is 14.5. The summed E-state index contributed by atoms with van der Waals surface area (Å²) < 4.78 is 17.0. The minimum Gasteiger partial charge on any atom is -0.322 e. The molecule has 11 nitrogen and oxygen atoms in total. The van der Waals surface area contributed by atoms with Crippen molar-refractivity contribution in [1.82, 2.24) is 44.5 Å². The van der Waals surface area contributed by atoms with Crippen molar-refractivity contribution in [2.45, 2.75) is 28.0 Å². The predicted octanol–water partition coefficient (Wildman–Crippen LogP) is 7.98. The van der Waals surface area contributed by atoms with Gasteiger partial charge in [0.25, 0.3) is 11.1 Å². The summed E-state index contributed by atoms with van der Waals surface area (Å²) >= 11 is 4.81. The molecular formula is C39H30FN9O2S3. The van der Waals surface area contributed by atoms with Crippen molar-refractivity contribution in [3.05, 3.63) is 163 Å². The van der Waals surface area contributed by atoms with E-state index in [4.69, 9.17) is 4.98 Å². The highest BCUT2D eigenvalue weighted by atomic mass is 32.2. The van der Waals surface area contributed by atoms with Gasteiger partial charge in [0.15, 0.2) is 4.34 Å². The minimum atomic E-state index is -0.255. The lowest BCUT2D eigenvalue weighted by Gasteiger charge is -2.05. The Labute approximate surface area is 318 Å². The van der Waals surface area contributed by atoms with E-state index in [9.17, 15) is 14.0 Å². The largest absolute Gasteiger partial charge is 0.322 e. The molecule has 0 saturated carbocycles. The lowest BCUT2D eigenvalue weighted by atomic mass is 10.0. The predicted molar refractivity (Wildman–Crippen MR) is 213 cm³/mol. The molecule has 9 aromatic rings. The number of hydrogen-bond donors (Lipinski definition) is 4. The Morgan fingerprint density at radius 1 is 0.648 bits per heavy atom. The first-order chi connectivity index (χ1) is 26.4. The fourth-order valence-corrected chi connectivity index (χ4v) is 8.83. The van der Waals surface area contributed by atoms with Crippen molar-refractivity contribution < 1.29 is 4.39 Å². The van der Waals surface area contributed by atoms with E-state index in [1.54, 1.807) is 59.1 Å². The van der Waals surface area contributed by atoms with Gasteiger partial charge in [-0.15, -0.1) is 11.3 Å². The molecule has 0 atom stereocenters. The number of hydrogen-bond acceptors (Lipinski definition) is 8. The molecule has 0 radical (unpaired) electrons. The maximum Gasteiger partial charge on any atom is 0.274 e. The Kier molecular flexibility index (Phi) is 9.10. The molecule has 9 rings (SSSR count). The zero-order valence-corrected chi connectivity index (χ0v) is 30.8. The van der Waals surface area contributed by atoms with Gasteiger partial charge in [-0.05, 0) is 58.7 Å². The van der Waals surface area contributed by atoms with Gasteiger partial charge >= 0.3 is 0 Å². The lowest BCUT2D eigenvalue weighted by molar-refractivity contribution is 0.627. The van der Waals surface area contributed by atoms with E-state index in [1.165, 1.54) is 21.5 Å². The van der Waals surface area contributed by atoms with Crippen LogP contribution in [0.25, 0.3) is 45.1 Å². The fourth-order valence-electron chi connectivity index (χ4n) is 6.18. The third-order valence-electron chi connectivity index (χ3n) is 8.78. The van der Waals surface area contributed by atoms with Crippen LogP contribution in [-0.2, 0) is 23.7 Å². The van der Waals surface area contributed by atoms with E-state index >= 15 is 0 Å². The van der Waals surface area contributed by atoms with Crippen molar-refractivity contribution in [3.8, 4) is 23.0 Å². The topological polar surface area (TPSA) is 146 Å². The molecule has 0 bridgehead atoms. The number of nitrogens with zero attached hydrogens (tertiary/aromatic N) is 5. The van der Waals surface area contributed by atoms with E-state index in [2.05, 4.69) is 53.7 Å². The molecule has 268 valence electrons. The van der Waals surface area contributed by atoms with Crippen LogP contribution in [0.15, 0.2) is 122 Å². The van der Waals surface area contributed by atoms with Crippen LogP contribution in [0.2, 0.25) is 0 Å².